The molecule has 0 aliphatic carbocycles. The number of aryl methyl sites for hydroxylation is 1. The van der Waals surface area contributed by atoms with Gasteiger partial charge < -0.3 is 4.74 Å². The molecule has 0 spiro atoms. The number of methoxy groups -OCH3 is 1. The van der Waals surface area contributed by atoms with Gasteiger partial charge in [-0.3, -0.25) is 5.84 Å². The van der Waals surface area contributed by atoms with Crippen LogP contribution in [0.2, 0.25) is 0 Å². The molecule has 3 N–H and O–H groups in total. The fourth-order valence-electron chi connectivity index (χ4n) is 2.00. The zero-order valence-corrected chi connectivity index (χ0v) is 11.5. The average molecular weight is 262 g/mol. The first kappa shape index (κ1) is 13.1. The van der Waals surface area contributed by atoms with Crippen molar-refractivity contribution in [1.82, 2.24) is 5.43 Å². The maximum Gasteiger partial charge on any atom is 0.134 e. The normalized spacial score (nSPS) is 12.4. The predicted molar refractivity (Wildman–Crippen MR) is 75.9 cm³/mol. The summed E-state index contributed by atoms with van der Waals surface area (Å²) in [5.41, 5.74) is 5.35. The highest BCUT2D eigenvalue weighted by Crippen LogP contribution is 2.34. The second-order valence-electron chi connectivity index (χ2n) is 4.05. The van der Waals surface area contributed by atoms with E-state index in [4.69, 9.17) is 10.6 Å². The molecule has 0 saturated heterocycles. The van der Waals surface area contributed by atoms with Crippen molar-refractivity contribution >= 4 is 11.3 Å². The number of benzene rings is 1. The third-order valence-electron chi connectivity index (χ3n) is 3.00. The van der Waals surface area contributed by atoms with Crippen LogP contribution in [0.4, 0.5) is 0 Å². The fourth-order valence-corrected chi connectivity index (χ4v) is 2.95. The third kappa shape index (κ3) is 2.56. The molecular weight excluding hydrogens is 244 g/mol. The second-order valence-corrected chi connectivity index (χ2v) is 5.00. The van der Waals surface area contributed by atoms with E-state index in [2.05, 4.69) is 36.6 Å². The standard InChI is InChI=1S/C14H18N2OS/c1-3-10-5-4-6-11(9-10)13(16-15)14-12(17-2)7-8-18-14/h4-9,13,16H,3,15H2,1-2H3. The van der Waals surface area contributed by atoms with Crippen molar-refractivity contribution in [1.29, 1.82) is 0 Å². The quantitative estimate of drug-likeness (QED) is 0.643. The van der Waals surface area contributed by atoms with E-state index in [0.717, 1.165) is 22.6 Å². The third-order valence-corrected chi connectivity index (χ3v) is 3.96. The van der Waals surface area contributed by atoms with Crippen LogP contribution in [0.15, 0.2) is 35.7 Å². The van der Waals surface area contributed by atoms with Gasteiger partial charge in [-0.2, -0.15) is 0 Å². The lowest BCUT2D eigenvalue weighted by Gasteiger charge is -2.17. The summed E-state index contributed by atoms with van der Waals surface area (Å²) in [5.74, 6) is 6.59. The molecular formula is C14H18N2OS. The zero-order chi connectivity index (χ0) is 13.0. The molecule has 96 valence electrons. The van der Waals surface area contributed by atoms with E-state index in [-0.39, 0.29) is 6.04 Å². The molecule has 0 fully saturated rings. The van der Waals surface area contributed by atoms with Gasteiger partial charge in [-0.25, -0.2) is 5.43 Å². The molecule has 0 aliphatic rings. The lowest BCUT2D eigenvalue weighted by atomic mass is 10.0. The summed E-state index contributed by atoms with van der Waals surface area (Å²) in [6, 6.07) is 10.4. The largest absolute Gasteiger partial charge is 0.496 e. The van der Waals surface area contributed by atoms with Crippen LogP contribution < -0.4 is 16.0 Å². The van der Waals surface area contributed by atoms with Crippen LogP contribution in [0.5, 0.6) is 5.75 Å². The van der Waals surface area contributed by atoms with E-state index in [0.29, 0.717) is 0 Å². The van der Waals surface area contributed by atoms with Crippen LogP contribution >= 0.6 is 11.3 Å². The lowest BCUT2D eigenvalue weighted by Crippen LogP contribution is -2.28. The number of ether oxygens (including phenoxy) is 1. The summed E-state index contributed by atoms with van der Waals surface area (Å²) in [5, 5.41) is 2.02. The molecule has 2 rings (SSSR count). The van der Waals surface area contributed by atoms with Gasteiger partial charge in [0.2, 0.25) is 0 Å². The molecule has 18 heavy (non-hydrogen) atoms. The maximum absolute atomic E-state index is 5.71. The lowest BCUT2D eigenvalue weighted by molar-refractivity contribution is 0.408. The highest BCUT2D eigenvalue weighted by molar-refractivity contribution is 7.10. The van der Waals surface area contributed by atoms with Gasteiger partial charge in [0.05, 0.1) is 18.0 Å². The molecule has 0 aliphatic heterocycles. The first-order valence-corrected chi connectivity index (χ1v) is 6.84. The van der Waals surface area contributed by atoms with E-state index in [9.17, 15) is 0 Å². The number of nitrogens with two attached hydrogens (primary N) is 1. The molecule has 1 unspecified atom stereocenters. The molecule has 0 bridgehead atoms. The number of nitrogens with one attached hydrogen (secondary N) is 1. The number of hydrogen-bond acceptors (Lipinski definition) is 4. The first-order valence-electron chi connectivity index (χ1n) is 5.96. The van der Waals surface area contributed by atoms with Gasteiger partial charge in [0.25, 0.3) is 0 Å². The van der Waals surface area contributed by atoms with Crippen LogP contribution in [0.3, 0.4) is 0 Å². The van der Waals surface area contributed by atoms with Gasteiger partial charge >= 0.3 is 0 Å². The molecule has 1 heterocycles. The van der Waals surface area contributed by atoms with E-state index in [1.807, 2.05) is 11.4 Å². The van der Waals surface area contributed by atoms with Crippen LogP contribution in [-0.2, 0) is 6.42 Å². The van der Waals surface area contributed by atoms with Crippen molar-refractivity contribution in [2.75, 3.05) is 7.11 Å². The fraction of sp³-hybridized carbons (Fsp3) is 0.286. The van der Waals surface area contributed by atoms with Gasteiger partial charge in [-0.15, -0.1) is 11.3 Å². The molecule has 1 aromatic heterocycles. The summed E-state index contributed by atoms with van der Waals surface area (Å²) >= 11 is 1.65. The Balaban J connectivity index is 2.38. The van der Waals surface area contributed by atoms with Crippen molar-refractivity contribution in [2.24, 2.45) is 5.84 Å². The molecule has 0 radical (unpaired) electrons. The zero-order valence-electron chi connectivity index (χ0n) is 10.6. The van der Waals surface area contributed by atoms with Crippen molar-refractivity contribution in [3.8, 4) is 5.75 Å². The Hall–Kier alpha value is -1.36. The van der Waals surface area contributed by atoms with E-state index < -0.39 is 0 Å². The molecule has 2 aromatic rings. The molecule has 0 saturated carbocycles. The summed E-state index contributed by atoms with van der Waals surface area (Å²) in [6.07, 6.45) is 1.02. The Morgan fingerprint density at radius 1 is 1.39 bits per heavy atom. The smallest absolute Gasteiger partial charge is 0.134 e. The Kier molecular flexibility index (Phi) is 4.36. The molecule has 4 heteroatoms. The number of thiophene rings is 1. The highest BCUT2D eigenvalue weighted by Gasteiger charge is 2.18. The topological polar surface area (TPSA) is 47.3 Å². The van der Waals surface area contributed by atoms with Crippen molar-refractivity contribution < 1.29 is 4.74 Å². The van der Waals surface area contributed by atoms with E-state index in [1.165, 1.54) is 5.56 Å². The number of hydrazine groups is 1. The van der Waals surface area contributed by atoms with Crippen LogP contribution in [0.25, 0.3) is 0 Å². The minimum atomic E-state index is -0.0218. The summed E-state index contributed by atoms with van der Waals surface area (Å²) < 4.78 is 5.36. The average Bonchev–Trinajstić information content (AvgIpc) is 2.88. The minimum absolute atomic E-state index is 0.0218. The summed E-state index contributed by atoms with van der Waals surface area (Å²) in [7, 11) is 1.68. The SMILES string of the molecule is CCc1cccc(C(NN)c2sccc2OC)c1. The number of rotatable bonds is 5. The second kappa shape index (κ2) is 6.00. The van der Waals surface area contributed by atoms with Crippen LogP contribution in [-0.4, -0.2) is 7.11 Å². The van der Waals surface area contributed by atoms with E-state index >= 15 is 0 Å². The van der Waals surface area contributed by atoms with E-state index in [1.54, 1.807) is 18.4 Å². The Bertz CT molecular complexity index is 510. The van der Waals surface area contributed by atoms with Gasteiger partial charge in [-0.05, 0) is 29.0 Å². The Morgan fingerprint density at radius 3 is 2.89 bits per heavy atom. The molecule has 1 atom stereocenters. The highest BCUT2D eigenvalue weighted by atomic mass is 32.1. The summed E-state index contributed by atoms with van der Waals surface area (Å²) in [4.78, 5) is 1.10. The first-order chi connectivity index (χ1) is 8.80. The predicted octanol–water partition coefficient (Wildman–Crippen LogP) is 2.87. The summed E-state index contributed by atoms with van der Waals surface area (Å²) in [6.45, 7) is 2.15. The van der Waals surface area contributed by atoms with Crippen molar-refractivity contribution in [3.05, 3.63) is 51.7 Å². The van der Waals surface area contributed by atoms with Crippen LogP contribution in [0.1, 0.15) is 29.0 Å². The Labute approximate surface area is 112 Å². The monoisotopic (exact) mass is 262 g/mol. The van der Waals surface area contributed by atoms with Crippen molar-refractivity contribution in [3.63, 3.8) is 0 Å². The molecule has 1 aromatic carbocycles. The number of hydrogen-bond donors (Lipinski definition) is 2. The van der Waals surface area contributed by atoms with Gasteiger partial charge in [0.1, 0.15) is 5.75 Å². The minimum Gasteiger partial charge on any atom is -0.496 e. The van der Waals surface area contributed by atoms with Gasteiger partial charge in [0.15, 0.2) is 0 Å². The molecule has 3 nitrogen and oxygen atoms in total. The van der Waals surface area contributed by atoms with Gasteiger partial charge in [0, 0.05) is 0 Å². The Morgan fingerprint density at radius 2 is 2.22 bits per heavy atom. The van der Waals surface area contributed by atoms with Crippen molar-refractivity contribution in [2.45, 2.75) is 19.4 Å². The van der Waals surface area contributed by atoms with Gasteiger partial charge in [-0.1, -0.05) is 31.2 Å². The molecule has 0 amide bonds. The maximum atomic E-state index is 5.71. The van der Waals surface area contributed by atoms with Crippen LogP contribution in [0, 0.1) is 0 Å².